The van der Waals surface area contributed by atoms with Crippen LogP contribution in [0.2, 0.25) is 0 Å². The molecule has 0 aliphatic carbocycles. The fourth-order valence-electron chi connectivity index (χ4n) is 4.13. The average molecular weight is 504 g/mol. The van der Waals surface area contributed by atoms with E-state index in [1.54, 1.807) is 32.6 Å². The lowest BCUT2D eigenvalue weighted by molar-refractivity contribution is -0.142. The second-order valence-electron chi connectivity index (χ2n) is 11.9. The van der Waals surface area contributed by atoms with Gasteiger partial charge >= 0.3 is 6.09 Å². The number of rotatable bonds is 11. The fraction of sp³-hybridized carbons (Fsp3) is 0.690. The molecule has 2 atom stereocenters. The van der Waals surface area contributed by atoms with Crippen molar-refractivity contribution in [1.29, 1.82) is 0 Å². The van der Waals surface area contributed by atoms with E-state index < -0.39 is 29.3 Å². The molecule has 1 aromatic carbocycles. The molecule has 3 amide bonds. The molecule has 0 aliphatic heterocycles. The first-order valence-electron chi connectivity index (χ1n) is 13.2. The van der Waals surface area contributed by atoms with Crippen LogP contribution >= 0.6 is 0 Å². The Bertz CT molecular complexity index is 863. The third-order valence-corrected chi connectivity index (χ3v) is 5.51. The molecule has 2 unspecified atom stereocenters. The molecule has 7 nitrogen and oxygen atoms in total. The van der Waals surface area contributed by atoms with Gasteiger partial charge < -0.3 is 20.3 Å². The standard InChI is InChI=1S/C29H49N3O4/c1-11-12-13-14-15-16-32(26(34)22(4)30-27(35)36-29(8,9)10)24(25(33)31-28(5,6)7)23-18-20(2)17-21(3)19-23/h17-19,22,24H,11-16H2,1-10H3,(H,30,35)(H,31,33). The Kier molecular flexibility index (Phi) is 11.9. The molecule has 1 rings (SSSR count). The van der Waals surface area contributed by atoms with Gasteiger partial charge in [-0.1, -0.05) is 61.9 Å². The van der Waals surface area contributed by atoms with Crippen LogP contribution in [0.4, 0.5) is 4.79 Å². The topological polar surface area (TPSA) is 87.7 Å². The lowest BCUT2D eigenvalue weighted by Gasteiger charge is -2.35. The van der Waals surface area contributed by atoms with Crippen molar-refractivity contribution in [2.24, 2.45) is 0 Å². The highest BCUT2D eigenvalue weighted by molar-refractivity contribution is 5.92. The summed E-state index contributed by atoms with van der Waals surface area (Å²) < 4.78 is 5.35. The van der Waals surface area contributed by atoms with E-state index in [1.807, 2.05) is 52.8 Å². The predicted molar refractivity (Wildman–Crippen MR) is 146 cm³/mol. The summed E-state index contributed by atoms with van der Waals surface area (Å²) in [5.41, 5.74) is 1.66. The number of aryl methyl sites for hydroxylation is 2. The summed E-state index contributed by atoms with van der Waals surface area (Å²) in [5.74, 6) is -0.552. The van der Waals surface area contributed by atoms with Gasteiger partial charge in [0.15, 0.2) is 0 Å². The van der Waals surface area contributed by atoms with Gasteiger partial charge in [-0.05, 0) is 74.3 Å². The second kappa shape index (κ2) is 13.7. The Morgan fingerprint density at radius 1 is 0.917 bits per heavy atom. The third-order valence-electron chi connectivity index (χ3n) is 5.51. The van der Waals surface area contributed by atoms with Crippen LogP contribution in [0.1, 0.15) is 110 Å². The third kappa shape index (κ3) is 11.4. The Hall–Kier alpha value is -2.57. The Morgan fingerprint density at radius 2 is 1.47 bits per heavy atom. The van der Waals surface area contributed by atoms with E-state index >= 15 is 0 Å². The van der Waals surface area contributed by atoms with Gasteiger partial charge in [0.1, 0.15) is 17.7 Å². The number of hydrogen-bond donors (Lipinski definition) is 2. The van der Waals surface area contributed by atoms with Crippen LogP contribution in [0.15, 0.2) is 18.2 Å². The van der Waals surface area contributed by atoms with Gasteiger partial charge in [0.25, 0.3) is 0 Å². The Morgan fingerprint density at radius 3 is 1.97 bits per heavy atom. The lowest BCUT2D eigenvalue weighted by atomic mass is 9.97. The van der Waals surface area contributed by atoms with Gasteiger partial charge in [-0.2, -0.15) is 0 Å². The number of carbonyl (C=O) groups excluding carboxylic acids is 3. The molecule has 0 spiro atoms. The van der Waals surface area contributed by atoms with Crippen molar-refractivity contribution in [2.45, 2.75) is 125 Å². The number of hydrogen-bond acceptors (Lipinski definition) is 4. The molecule has 0 aliphatic rings. The average Bonchev–Trinajstić information content (AvgIpc) is 2.68. The molecule has 0 radical (unpaired) electrons. The van der Waals surface area contributed by atoms with Gasteiger partial charge in [-0.25, -0.2) is 4.79 Å². The van der Waals surface area contributed by atoms with Crippen molar-refractivity contribution in [3.63, 3.8) is 0 Å². The Labute approximate surface area is 218 Å². The number of ether oxygens (including phenoxy) is 1. The first-order chi connectivity index (χ1) is 16.5. The highest BCUT2D eigenvalue weighted by atomic mass is 16.6. The van der Waals surface area contributed by atoms with E-state index in [1.165, 1.54) is 0 Å². The first kappa shape index (κ1) is 31.5. The van der Waals surface area contributed by atoms with E-state index in [0.29, 0.717) is 6.54 Å². The van der Waals surface area contributed by atoms with Gasteiger partial charge in [-0.3, -0.25) is 9.59 Å². The van der Waals surface area contributed by atoms with E-state index in [2.05, 4.69) is 17.6 Å². The summed E-state index contributed by atoms with van der Waals surface area (Å²) >= 11 is 0. The summed E-state index contributed by atoms with van der Waals surface area (Å²) in [4.78, 5) is 41.5. The molecular weight excluding hydrogens is 454 g/mol. The second-order valence-corrected chi connectivity index (χ2v) is 11.9. The van der Waals surface area contributed by atoms with Crippen LogP contribution in [0, 0.1) is 13.8 Å². The van der Waals surface area contributed by atoms with Gasteiger partial charge in [0.05, 0.1) is 0 Å². The van der Waals surface area contributed by atoms with Crippen LogP contribution < -0.4 is 10.6 Å². The van der Waals surface area contributed by atoms with E-state index in [4.69, 9.17) is 4.74 Å². The van der Waals surface area contributed by atoms with Crippen LogP contribution in [-0.2, 0) is 14.3 Å². The molecular formula is C29H49N3O4. The van der Waals surface area contributed by atoms with Crippen LogP contribution in [0.3, 0.4) is 0 Å². The molecule has 36 heavy (non-hydrogen) atoms. The van der Waals surface area contributed by atoms with E-state index in [0.717, 1.165) is 48.8 Å². The molecule has 0 bridgehead atoms. The van der Waals surface area contributed by atoms with Gasteiger partial charge in [-0.15, -0.1) is 0 Å². The van der Waals surface area contributed by atoms with Crippen molar-refractivity contribution in [1.82, 2.24) is 15.5 Å². The van der Waals surface area contributed by atoms with Crippen molar-refractivity contribution < 1.29 is 19.1 Å². The van der Waals surface area contributed by atoms with Crippen molar-refractivity contribution in [3.8, 4) is 0 Å². The monoisotopic (exact) mass is 503 g/mol. The number of unbranched alkanes of at least 4 members (excludes halogenated alkanes) is 4. The molecule has 0 saturated heterocycles. The fourth-order valence-corrected chi connectivity index (χ4v) is 4.13. The normalized spacial score (nSPS) is 13.5. The summed E-state index contributed by atoms with van der Waals surface area (Å²) in [6.07, 6.45) is 4.41. The quantitative estimate of drug-likeness (QED) is 0.364. The Balaban J connectivity index is 3.39. The molecule has 204 valence electrons. The zero-order valence-corrected chi connectivity index (χ0v) is 24.2. The maximum Gasteiger partial charge on any atom is 0.408 e. The van der Waals surface area contributed by atoms with Crippen molar-refractivity contribution >= 4 is 17.9 Å². The largest absolute Gasteiger partial charge is 0.444 e. The van der Waals surface area contributed by atoms with Crippen molar-refractivity contribution in [3.05, 3.63) is 34.9 Å². The number of alkyl carbamates (subject to hydrolysis) is 1. The van der Waals surface area contributed by atoms with Crippen LogP contribution in [-0.4, -0.2) is 46.5 Å². The van der Waals surface area contributed by atoms with Crippen molar-refractivity contribution in [2.75, 3.05) is 6.54 Å². The van der Waals surface area contributed by atoms with Crippen LogP contribution in [0.25, 0.3) is 0 Å². The summed E-state index contributed by atoms with van der Waals surface area (Å²) in [5, 5.41) is 5.73. The lowest BCUT2D eigenvalue weighted by Crippen LogP contribution is -2.54. The predicted octanol–water partition coefficient (Wildman–Crippen LogP) is 5.97. The molecule has 1 aromatic rings. The number of amides is 3. The van der Waals surface area contributed by atoms with Crippen LogP contribution in [0.5, 0.6) is 0 Å². The molecule has 0 aromatic heterocycles. The zero-order valence-electron chi connectivity index (χ0n) is 24.2. The van der Waals surface area contributed by atoms with Gasteiger partial charge in [0, 0.05) is 12.1 Å². The van der Waals surface area contributed by atoms with E-state index in [9.17, 15) is 14.4 Å². The highest BCUT2D eigenvalue weighted by Gasteiger charge is 2.35. The number of nitrogens with one attached hydrogen (secondary N) is 2. The number of carbonyl (C=O) groups is 3. The summed E-state index contributed by atoms with van der Waals surface area (Å²) in [6, 6.07) is 4.30. The molecule has 0 fully saturated rings. The minimum atomic E-state index is -0.855. The minimum absolute atomic E-state index is 0.237. The smallest absolute Gasteiger partial charge is 0.408 e. The minimum Gasteiger partial charge on any atom is -0.444 e. The molecule has 0 heterocycles. The van der Waals surface area contributed by atoms with Gasteiger partial charge in [0.2, 0.25) is 11.8 Å². The molecule has 7 heteroatoms. The summed E-state index contributed by atoms with van der Waals surface area (Å²) in [7, 11) is 0. The maximum absolute atomic E-state index is 13.8. The van der Waals surface area contributed by atoms with E-state index in [-0.39, 0.29) is 11.8 Å². The summed E-state index contributed by atoms with van der Waals surface area (Å²) in [6.45, 7) is 19.3. The SMILES string of the molecule is CCCCCCCN(C(=O)C(C)NC(=O)OC(C)(C)C)C(C(=O)NC(C)(C)C)c1cc(C)cc(C)c1. The maximum atomic E-state index is 13.8. The number of nitrogens with zero attached hydrogens (tertiary/aromatic N) is 1. The molecule has 2 N–H and O–H groups in total. The molecule has 0 saturated carbocycles. The highest BCUT2D eigenvalue weighted by Crippen LogP contribution is 2.26. The zero-order chi connectivity index (χ0) is 27.7. The number of benzene rings is 1. The first-order valence-corrected chi connectivity index (χ1v) is 13.2.